The fraction of sp³-hybridized carbons (Fsp3) is 0.346. The Balaban J connectivity index is 1.90. The summed E-state index contributed by atoms with van der Waals surface area (Å²) in [6, 6.07) is 18.5. The fourth-order valence-corrected chi connectivity index (χ4v) is 5.61. The lowest BCUT2D eigenvalue weighted by Gasteiger charge is -2.43. The van der Waals surface area contributed by atoms with Crippen LogP contribution < -0.4 is 0 Å². The number of methoxy groups -OCH3 is 2. The number of carbonyl (C=O) groups is 3. The summed E-state index contributed by atoms with van der Waals surface area (Å²) in [4.78, 5) is 40.4. The molecule has 160 valence electrons. The molecule has 5 atom stereocenters. The lowest BCUT2D eigenvalue weighted by Crippen LogP contribution is -2.54. The zero-order valence-corrected chi connectivity index (χ0v) is 17.7. The number of allylic oxidation sites excluding steroid dienone is 2. The molecule has 0 N–H and O–H groups in total. The second kappa shape index (κ2) is 8.50. The van der Waals surface area contributed by atoms with Crippen molar-refractivity contribution in [1.29, 1.82) is 0 Å². The first kappa shape index (κ1) is 21.0. The van der Waals surface area contributed by atoms with Gasteiger partial charge in [-0.2, -0.15) is 0 Å². The molecule has 0 aromatic heterocycles. The van der Waals surface area contributed by atoms with E-state index >= 15 is 0 Å². The van der Waals surface area contributed by atoms with Crippen molar-refractivity contribution in [2.24, 2.45) is 29.1 Å². The Kier molecular flexibility index (Phi) is 5.77. The van der Waals surface area contributed by atoms with Crippen LogP contribution in [0.2, 0.25) is 0 Å². The van der Waals surface area contributed by atoms with E-state index in [1.807, 2.05) is 48.6 Å². The summed E-state index contributed by atoms with van der Waals surface area (Å²) >= 11 is 0. The summed E-state index contributed by atoms with van der Waals surface area (Å²) in [5.74, 6) is -3.11. The maximum Gasteiger partial charge on any atom is 0.314 e. The van der Waals surface area contributed by atoms with Crippen molar-refractivity contribution in [3.05, 3.63) is 83.9 Å². The third-order valence-electron chi connectivity index (χ3n) is 6.90. The van der Waals surface area contributed by atoms with Gasteiger partial charge in [-0.05, 0) is 30.2 Å². The minimum Gasteiger partial charge on any atom is -0.469 e. The molecule has 31 heavy (non-hydrogen) atoms. The molecule has 4 rings (SSSR count). The zero-order valence-electron chi connectivity index (χ0n) is 17.7. The molecule has 2 aliphatic carbocycles. The topological polar surface area (TPSA) is 69.7 Å². The first-order valence-corrected chi connectivity index (χ1v) is 10.5. The van der Waals surface area contributed by atoms with Gasteiger partial charge in [-0.15, -0.1) is 0 Å². The second-order valence-corrected chi connectivity index (χ2v) is 8.29. The number of ketones is 1. The highest BCUT2D eigenvalue weighted by molar-refractivity contribution is 6.03. The second-order valence-electron chi connectivity index (χ2n) is 8.29. The van der Waals surface area contributed by atoms with Crippen molar-refractivity contribution >= 4 is 17.7 Å². The van der Waals surface area contributed by atoms with Gasteiger partial charge in [-0.3, -0.25) is 14.4 Å². The first-order chi connectivity index (χ1) is 15.0. The number of hydrogen-bond acceptors (Lipinski definition) is 5. The number of Topliss-reactive ketones (excluding diaryl/α,β-unsaturated/α-hetero) is 1. The molecule has 0 saturated heterocycles. The van der Waals surface area contributed by atoms with Crippen LogP contribution in [-0.2, 0) is 25.5 Å². The van der Waals surface area contributed by atoms with Gasteiger partial charge in [-0.1, -0.05) is 72.8 Å². The fourth-order valence-electron chi connectivity index (χ4n) is 5.61. The molecule has 5 heteroatoms. The Hall–Kier alpha value is -3.21. The maximum absolute atomic E-state index is 13.9. The predicted molar refractivity (Wildman–Crippen MR) is 115 cm³/mol. The predicted octanol–water partition coefficient (Wildman–Crippen LogP) is 3.88. The molecule has 0 unspecified atom stereocenters. The molecular formula is C26H26O5. The number of ether oxygens (including phenoxy) is 2. The summed E-state index contributed by atoms with van der Waals surface area (Å²) in [7, 11) is 2.64. The molecule has 1 fully saturated rings. The van der Waals surface area contributed by atoms with E-state index in [2.05, 4.69) is 0 Å². The normalized spacial score (nSPS) is 27.0. The zero-order chi connectivity index (χ0) is 22.0. The molecule has 2 aliphatic rings. The van der Waals surface area contributed by atoms with Crippen LogP contribution >= 0.6 is 0 Å². The SMILES string of the molecule is COC(=O)[C@@H]1[C@@H]2C=C[C@@H](C2)[C@]1(C(=O)OC)[C@H](Cc1ccccc1)C(=O)c1ccccc1. The van der Waals surface area contributed by atoms with Gasteiger partial charge < -0.3 is 9.47 Å². The molecule has 5 nitrogen and oxygen atoms in total. The Labute approximate surface area is 182 Å². The van der Waals surface area contributed by atoms with Crippen LogP contribution in [0.3, 0.4) is 0 Å². The molecule has 0 aliphatic heterocycles. The molecule has 0 spiro atoms. The molecule has 0 heterocycles. The van der Waals surface area contributed by atoms with E-state index in [0.717, 1.165) is 5.56 Å². The number of carbonyl (C=O) groups excluding carboxylic acids is 3. The molecule has 0 radical (unpaired) electrons. The van der Waals surface area contributed by atoms with Gasteiger partial charge in [0.15, 0.2) is 5.78 Å². The summed E-state index contributed by atoms with van der Waals surface area (Å²) in [5, 5.41) is 0. The average Bonchev–Trinajstić information content (AvgIpc) is 3.43. The summed E-state index contributed by atoms with van der Waals surface area (Å²) < 4.78 is 10.4. The van der Waals surface area contributed by atoms with Crippen LogP contribution in [-0.4, -0.2) is 31.9 Å². The van der Waals surface area contributed by atoms with Crippen molar-refractivity contribution in [2.75, 3.05) is 14.2 Å². The summed E-state index contributed by atoms with van der Waals surface area (Å²) in [6.45, 7) is 0. The number of hydrogen-bond donors (Lipinski definition) is 0. The van der Waals surface area contributed by atoms with Gasteiger partial charge in [0, 0.05) is 11.5 Å². The van der Waals surface area contributed by atoms with Crippen LogP contribution in [0.4, 0.5) is 0 Å². The van der Waals surface area contributed by atoms with Crippen molar-refractivity contribution < 1.29 is 23.9 Å². The highest BCUT2D eigenvalue weighted by Crippen LogP contribution is 2.61. The minimum atomic E-state index is -1.32. The maximum atomic E-state index is 13.9. The molecular weight excluding hydrogens is 392 g/mol. The highest BCUT2D eigenvalue weighted by atomic mass is 16.5. The Morgan fingerprint density at radius 1 is 0.935 bits per heavy atom. The largest absolute Gasteiger partial charge is 0.469 e. The van der Waals surface area contributed by atoms with Gasteiger partial charge in [0.2, 0.25) is 0 Å². The van der Waals surface area contributed by atoms with E-state index in [0.29, 0.717) is 18.4 Å². The van der Waals surface area contributed by atoms with Crippen LogP contribution in [0.25, 0.3) is 0 Å². The number of esters is 2. The average molecular weight is 418 g/mol. The Morgan fingerprint density at radius 3 is 2.19 bits per heavy atom. The van der Waals surface area contributed by atoms with E-state index in [1.54, 1.807) is 24.3 Å². The Morgan fingerprint density at radius 2 is 1.58 bits per heavy atom. The minimum absolute atomic E-state index is 0.154. The number of fused-ring (bicyclic) bond motifs is 2. The van der Waals surface area contributed by atoms with E-state index in [-0.39, 0.29) is 17.6 Å². The standard InChI is InChI=1S/C26H26O5/c1-30-24(28)22-19-13-14-20(16-19)26(22,25(29)31-2)21(15-17-9-5-3-6-10-17)23(27)18-11-7-4-8-12-18/h3-14,19-22H,15-16H2,1-2H3/t19-,20+,21-,22+,26+/m1/s1. The number of rotatable bonds is 7. The third kappa shape index (κ3) is 3.38. The lowest BCUT2D eigenvalue weighted by molar-refractivity contribution is -0.171. The monoisotopic (exact) mass is 418 g/mol. The smallest absolute Gasteiger partial charge is 0.314 e. The Bertz CT molecular complexity index is 997. The van der Waals surface area contributed by atoms with Crippen molar-refractivity contribution in [1.82, 2.24) is 0 Å². The van der Waals surface area contributed by atoms with Crippen LogP contribution in [0, 0.1) is 29.1 Å². The van der Waals surface area contributed by atoms with Crippen LogP contribution in [0.5, 0.6) is 0 Å². The highest BCUT2D eigenvalue weighted by Gasteiger charge is 2.68. The van der Waals surface area contributed by atoms with E-state index in [4.69, 9.17) is 9.47 Å². The van der Waals surface area contributed by atoms with Crippen molar-refractivity contribution in [3.63, 3.8) is 0 Å². The van der Waals surface area contributed by atoms with Crippen LogP contribution in [0.15, 0.2) is 72.8 Å². The summed E-state index contributed by atoms with van der Waals surface area (Å²) in [6.07, 6.45) is 4.90. The summed E-state index contributed by atoms with van der Waals surface area (Å²) in [5.41, 5.74) is 0.127. The van der Waals surface area contributed by atoms with Crippen molar-refractivity contribution in [3.8, 4) is 0 Å². The molecule has 2 aromatic carbocycles. The third-order valence-corrected chi connectivity index (χ3v) is 6.90. The van der Waals surface area contributed by atoms with E-state index < -0.39 is 29.2 Å². The van der Waals surface area contributed by atoms with E-state index in [1.165, 1.54) is 14.2 Å². The first-order valence-electron chi connectivity index (χ1n) is 10.5. The van der Waals surface area contributed by atoms with Gasteiger partial charge >= 0.3 is 11.9 Å². The number of benzene rings is 2. The molecule has 0 amide bonds. The van der Waals surface area contributed by atoms with Gasteiger partial charge in [0.1, 0.15) is 0 Å². The molecule has 2 bridgehead atoms. The molecule has 2 aromatic rings. The van der Waals surface area contributed by atoms with Crippen LogP contribution in [0.1, 0.15) is 22.3 Å². The van der Waals surface area contributed by atoms with Gasteiger partial charge in [0.25, 0.3) is 0 Å². The quantitative estimate of drug-likeness (QED) is 0.388. The molecule has 1 saturated carbocycles. The lowest BCUT2D eigenvalue weighted by atomic mass is 9.57. The van der Waals surface area contributed by atoms with Gasteiger partial charge in [0.05, 0.1) is 25.6 Å². The van der Waals surface area contributed by atoms with Crippen molar-refractivity contribution in [2.45, 2.75) is 12.8 Å². The van der Waals surface area contributed by atoms with Gasteiger partial charge in [-0.25, -0.2) is 0 Å². The van der Waals surface area contributed by atoms with E-state index in [9.17, 15) is 14.4 Å².